The van der Waals surface area contributed by atoms with Crippen LogP contribution in [-0.4, -0.2) is 304 Å². The van der Waals surface area contributed by atoms with Gasteiger partial charge in [-0.25, -0.2) is 9.59 Å². The highest BCUT2D eigenvalue weighted by atomic mass is 16.7. The number of nitrogens with two attached hydrogens (primary N) is 9. The molecular formula is C52H102N14O19. The third-order valence-corrected chi connectivity index (χ3v) is 17.6. The molecule has 85 heavy (non-hydrogen) atoms. The summed E-state index contributed by atoms with van der Waals surface area (Å²) in [6.45, 7) is 2.41. The summed E-state index contributed by atoms with van der Waals surface area (Å²) in [5, 5.41) is 105. The number of nitrogens with one attached hydrogen (secondary N) is 3. The van der Waals surface area contributed by atoms with E-state index in [4.69, 9.17) is 89.5 Å². The average Bonchev–Trinajstić information content (AvgIpc) is 2.98. The number of rotatable bonds is 25. The zero-order valence-corrected chi connectivity index (χ0v) is 48.4. The predicted molar refractivity (Wildman–Crippen MR) is 300 cm³/mol. The maximum atomic E-state index is 13.0. The van der Waals surface area contributed by atoms with E-state index in [9.17, 15) is 55.5 Å². The first kappa shape index (κ1) is 69.9. The molecule has 5 aliphatic heterocycles. The van der Waals surface area contributed by atoms with Gasteiger partial charge in [-0.3, -0.25) is 4.90 Å². The number of hydrogen-bond donors (Lipinski definition) is 21. The monoisotopic (exact) mass is 1230 g/mol. The van der Waals surface area contributed by atoms with Crippen molar-refractivity contribution in [2.24, 2.45) is 51.6 Å². The van der Waals surface area contributed by atoms with Gasteiger partial charge in [-0.1, -0.05) is 38.5 Å². The quantitative estimate of drug-likeness (QED) is 0.0378. The van der Waals surface area contributed by atoms with Gasteiger partial charge in [0.25, 0.3) is 0 Å². The van der Waals surface area contributed by atoms with Crippen molar-refractivity contribution in [1.82, 2.24) is 25.8 Å². The number of carbonyl (C=O) groups is 2. The second kappa shape index (κ2) is 33.0. The highest BCUT2D eigenvalue weighted by Crippen LogP contribution is 2.34. The van der Waals surface area contributed by atoms with Crippen LogP contribution in [0.15, 0.2) is 0 Å². The van der Waals surface area contributed by atoms with Gasteiger partial charge in [0.2, 0.25) is 0 Å². The summed E-state index contributed by atoms with van der Waals surface area (Å²) >= 11 is 0. The van der Waals surface area contributed by atoms with E-state index in [0.29, 0.717) is 39.3 Å². The molecule has 0 radical (unpaired) electrons. The molecule has 33 heteroatoms. The van der Waals surface area contributed by atoms with Crippen LogP contribution in [0.3, 0.4) is 0 Å². The van der Waals surface area contributed by atoms with Crippen molar-refractivity contribution >= 4 is 12.1 Å². The van der Waals surface area contributed by atoms with E-state index >= 15 is 0 Å². The Hall–Kier alpha value is -2.54. The van der Waals surface area contributed by atoms with E-state index in [1.807, 2.05) is 4.90 Å². The van der Waals surface area contributed by atoms with Crippen molar-refractivity contribution in [2.45, 2.75) is 248 Å². The number of hydrogen-bond acceptors (Lipinski definition) is 29. The number of piperazine rings is 1. The molecule has 7 fully saturated rings. The lowest BCUT2D eigenvalue weighted by molar-refractivity contribution is -0.315. The maximum Gasteiger partial charge on any atom is 0.317 e. The van der Waals surface area contributed by atoms with Crippen LogP contribution in [-0.2, 0) is 37.9 Å². The largest absolute Gasteiger partial charge is 0.394 e. The molecule has 7 rings (SSSR count). The van der Waals surface area contributed by atoms with Crippen LogP contribution in [0.1, 0.15) is 77.0 Å². The van der Waals surface area contributed by atoms with E-state index in [1.54, 1.807) is 4.90 Å². The Labute approximate surface area is 495 Å². The highest BCUT2D eigenvalue weighted by Gasteiger charge is 2.53. The molecule has 0 aromatic carbocycles. The number of aliphatic hydroxyl groups is 9. The van der Waals surface area contributed by atoms with Crippen molar-refractivity contribution in [2.75, 3.05) is 65.5 Å². The summed E-state index contributed by atoms with van der Waals surface area (Å²) in [7, 11) is 0. The molecule has 28 atom stereocenters. The second-order valence-corrected chi connectivity index (χ2v) is 24.1. The van der Waals surface area contributed by atoms with Crippen LogP contribution >= 0.6 is 0 Å². The first-order chi connectivity index (χ1) is 40.5. The number of urea groups is 2. The minimum absolute atomic E-state index is 0.0241. The second-order valence-electron chi connectivity index (χ2n) is 24.1. The predicted octanol–water partition coefficient (Wildman–Crippen LogP) is -9.78. The maximum absolute atomic E-state index is 13.0. The average molecular weight is 1230 g/mol. The summed E-state index contributed by atoms with van der Waals surface area (Å²) in [5.74, 6) is 0. The molecule has 0 spiro atoms. The smallest absolute Gasteiger partial charge is 0.317 e. The number of amides is 4. The minimum atomic E-state index is -1.51. The third-order valence-electron chi connectivity index (χ3n) is 17.6. The zero-order chi connectivity index (χ0) is 61.8. The van der Waals surface area contributed by atoms with Crippen molar-refractivity contribution < 1.29 is 93.4 Å². The van der Waals surface area contributed by atoms with Crippen LogP contribution in [0.4, 0.5) is 9.59 Å². The first-order valence-corrected chi connectivity index (χ1v) is 30.3. The normalized spacial score (nSPS) is 44.0. The Bertz CT molecular complexity index is 2010. The van der Waals surface area contributed by atoms with E-state index in [-0.39, 0.29) is 51.3 Å². The number of carbonyl (C=O) groups excluding carboxylic acids is 2. The molecule has 4 amide bonds. The molecule has 28 unspecified atom stereocenters. The number of unbranched alkanes of at least 4 members (excludes halogenated alkanes) is 7. The van der Waals surface area contributed by atoms with Crippen molar-refractivity contribution in [3.05, 3.63) is 0 Å². The summed E-state index contributed by atoms with van der Waals surface area (Å²) in [6, 6.07) is -7.69. The fourth-order valence-electron chi connectivity index (χ4n) is 12.3. The summed E-state index contributed by atoms with van der Waals surface area (Å²) < 4.78 is 47.6. The Morgan fingerprint density at radius 2 is 0.847 bits per heavy atom. The van der Waals surface area contributed by atoms with Gasteiger partial charge in [-0.15, -0.1) is 0 Å². The standard InChI is InChI=1S/C52H102N14O19/c53-19-31-29(68)17-27(58)47(78-31)82-43-23(54)15-25(56)45(41(43)74)84-49-39(72)35(60)37(70)33(80-49)21-65-11-13-66(14-12-65)52(77)63-10-8-6-4-2-1-3-5-7-9-62-51(76)64-20-32-30(69)18-28(59)48(79-32)83-44-24(55)16-26(57)46(42(44)75)85-50-40(73)36(61)38(71)34(22-67)81-50/h23-50,67-75H,1-22,53-61H2,(H,63,77)(H2,62,64,76). The van der Waals surface area contributed by atoms with Gasteiger partial charge >= 0.3 is 12.1 Å². The fourth-order valence-corrected chi connectivity index (χ4v) is 12.3. The van der Waals surface area contributed by atoms with Crippen LogP contribution in [0, 0.1) is 0 Å². The molecule has 7 aliphatic rings. The topological polar surface area (TPSA) is 567 Å². The summed E-state index contributed by atoms with van der Waals surface area (Å²) in [6.07, 6.45) is -15.5. The first-order valence-electron chi connectivity index (χ1n) is 30.3. The van der Waals surface area contributed by atoms with Gasteiger partial charge in [0, 0.05) is 83.1 Å². The van der Waals surface area contributed by atoms with E-state index < -0.39 is 184 Å². The lowest BCUT2D eigenvalue weighted by atomic mass is 9.84. The molecule has 2 aliphatic carbocycles. The van der Waals surface area contributed by atoms with Gasteiger partial charge in [0.1, 0.15) is 73.2 Å². The summed E-state index contributed by atoms with van der Waals surface area (Å²) in [5.41, 5.74) is 55.9. The highest BCUT2D eigenvalue weighted by molar-refractivity contribution is 5.74. The molecule has 0 aromatic heterocycles. The van der Waals surface area contributed by atoms with Gasteiger partial charge in [0.05, 0.1) is 55.2 Å². The zero-order valence-electron chi connectivity index (χ0n) is 48.4. The van der Waals surface area contributed by atoms with Gasteiger partial charge in [-0.05, 0) is 38.5 Å². The van der Waals surface area contributed by atoms with Crippen LogP contribution in [0.25, 0.3) is 0 Å². The van der Waals surface area contributed by atoms with Crippen molar-refractivity contribution in [3.8, 4) is 0 Å². The minimum Gasteiger partial charge on any atom is -0.394 e. The Morgan fingerprint density at radius 3 is 1.32 bits per heavy atom. The molecule has 0 aromatic rings. The van der Waals surface area contributed by atoms with E-state index in [2.05, 4.69) is 16.0 Å². The SMILES string of the molecule is NCC1OC(OC2C(N)CC(N)C(OC3OC(CN4CCN(C(=O)NCCCCCCCCCCNC(=O)NCC5OC(OC6C(N)CC(N)C(OC7OC(CO)C(O)C(N)C7O)C6O)C(N)CC5O)CC4)C(O)C(N)C3O)C2O)C(N)CC1O. The summed E-state index contributed by atoms with van der Waals surface area (Å²) in [4.78, 5) is 29.5. The molecule has 2 saturated carbocycles. The third kappa shape index (κ3) is 18.3. The number of nitrogens with zero attached hydrogens (tertiary/aromatic N) is 2. The number of ether oxygens (including phenoxy) is 8. The lowest BCUT2D eigenvalue weighted by Gasteiger charge is -2.48. The van der Waals surface area contributed by atoms with Gasteiger partial charge in [0.15, 0.2) is 25.2 Å². The number of aliphatic hydroxyl groups excluding tert-OH is 9. The van der Waals surface area contributed by atoms with E-state index in [1.165, 1.54) is 0 Å². The van der Waals surface area contributed by atoms with Gasteiger partial charge < -0.3 is 156 Å². The molecule has 5 heterocycles. The molecule has 0 bridgehead atoms. The Morgan fingerprint density at radius 1 is 0.447 bits per heavy atom. The molecule has 30 N–H and O–H groups in total. The van der Waals surface area contributed by atoms with Crippen molar-refractivity contribution in [3.63, 3.8) is 0 Å². The van der Waals surface area contributed by atoms with E-state index in [0.717, 1.165) is 51.4 Å². The molecule has 33 nitrogen and oxygen atoms in total. The fraction of sp³-hybridized carbons (Fsp3) is 0.962. The molecular weight excluding hydrogens is 1120 g/mol. The Kier molecular flexibility index (Phi) is 27.1. The van der Waals surface area contributed by atoms with Crippen LogP contribution in [0.2, 0.25) is 0 Å². The molecule has 5 saturated heterocycles. The van der Waals surface area contributed by atoms with Crippen LogP contribution < -0.4 is 67.6 Å². The van der Waals surface area contributed by atoms with Crippen molar-refractivity contribution in [1.29, 1.82) is 0 Å². The molecule has 494 valence electrons. The lowest BCUT2D eigenvalue weighted by Crippen LogP contribution is -2.68. The Balaban J connectivity index is 0.710. The van der Waals surface area contributed by atoms with Crippen LogP contribution in [0.5, 0.6) is 0 Å². The van der Waals surface area contributed by atoms with Gasteiger partial charge in [-0.2, -0.15) is 0 Å².